The van der Waals surface area contributed by atoms with Crippen LogP contribution in [0, 0.1) is 0 Å². The van der Waals surface area contributed by atoms with Crippen LogP contribution in [0.2, 0.25) is 0 Å². The van der Waals surface area contributed by atoms with Gasteiger partial charge in [-0.05, 0) is 101 Å². The predicted molar refractivity (Wildman–Crippen MR) is 283 cm³/mol. The monoisotopic (exact) mass is 881 g/mol. The van der Waals surface area contributed by atoms with Gasteiger partial charge in [0.2, 0.25) is 0 Å². The van der Waals surface area contributed by atoms with Gasteiger partial charge in [-0.3, -0.25) is 0 Å². The molecule has 0 saturated carbocycles. The number of aromatic nitrogens is 5. The first-order valence-electron chi connectivity index (χ1n) is 23.3. The van der Waals surface area contributed by atoms with Crippen molar-refractivity contribution in [2.75, 3.05) is 0 Å². The molecule has 10 aromatic carbocycles. The van der Waals surface area contributed by atoms with Gasteiger partial charge < -0.3 is 13.6 Å². The highest BCUT2D eigenvalue weighted by Gasteiger charge is 2.20. The van der Waals surface area contributed by atoms with Crippen molar-refractivity contribution in [3.63, 3.8) is 0 Å². The minimum absolute atomic E-state index is 0.568. The predicted octanol–water partition coefficient (Wildman–Crippen LogP) is 16.3. The van der Waals surface area contributed by atoms with E-state index >= 15 is 0 Å². The first-order chi connectivity index (χ1) is 34.2. The van der Waals surface area contributed by atoms with Crippen molar-refractivity contribution in [1.82, 2.24) is 24.1 Å². The minimum Gasteiger partial charge on any atom is -0.456 e. The maximum absolute atomic E-state index is 6.65. The summed E-state index contributed by atoms with van der Waals surface area (Å²) in [6, 6.07) is 83.4. The molecule has 4 aromatic heterocycles. The molecule has 69 heavy (non-hydrogen) atoms. The zero-order chi connectivity index (χ0) is 45.4. The number of hydrogen-bond acceptors (Lipinski definition) is 4. The number of benzene rings is 10. The summed E-state index contributed by atoms with van der Waals surface area (Å²) in [5.74, 6) is 1.75. The van der Waals surface area contributed by atoms with E-state index in [-0.39, 0.29) is 0 Å². The van der Waals surface area contributed by atoms with Gasteiger partial charge in [-0.2, -0.15) is 0 Å². The molecule has 0 radical (unpaired) electrons. The van der Waals surface area contributed by atoms with Gasteiger partial charge in [-0.25, -0.2) is 15.0 Å². The molecular weight excluding hydrogens is 843 g/mol. The lowest BCUT2D eigenvalue weighted by Crippen LogP contribution is -2.01. The molecule has 4 heterocycles. The number of nitrogens with zero attached hydrogens (tertiary/aromatic N) is 5. The van der Waals surface area contributed by atoms with Crippen LogP contribution in [-0.2, 0) is 0 Å². The van der Waals surface area contributed by atoms with E-state index in [2.05, 4.69) is 209 Å². The molecule has 6 heteroatoms. The molecular formula is C63H39N5O. The molecule has 0 spiro atoms. The van der Waals surface area contributed by atoms with Gasteiger partial charge in [0.1, 0.15) is 11.2 Å². The Morgan fingerprint density at radius 1 is 0.246 bits per heavy atom. The quantitative estimate of drug-likeness (QED) is 0.160. The first-order valence-corrected chi connectivity index (χ1v) is 23.3. The molecule has 0 amide bonds. The highest BCUT2D eigenvalue weighted by molar-refractivity contribution is 6.19. The van der Waals surface area contributed by atoms with E-state index in [0.29, 0.717) is 17.5 Å². The molecule has 0 bridgehead atoms. The molecule has 14 rings (SSSR count). The van der Waals surface area contributed by atoms with Crippen molar-refractivity contribution in [1.29, 1.82) is 0 Å². The molecule has 14 aromatic rings. The van der Waals surface area contributed by atoms with Crippen molar-refractivity contribution in [3.05, 3.63) is 237 Å². The van der Waals surface area contributed by atoms with Gasteiger partial charge in [-0.1, -0.05) is 158 Å². The van der Waals surface area contributed by atoms with Gasteiger partial charge >= 0.3 is 0 Å². The van der Waals surface area contributed by atoms with Crippen molar-refractivity contribution in [3.8, 4) is 67.8 Å². The molecule has 0 fully saturated rings. The Bertz CT molecular complexity index is 4300. The summed E-state index contributed by atoms with van der Waals surface area (Å²) in [4.78, 5) is 15.5. The van der Waals surface area contributed by atoms with Crippen molar-refractivity contribution in [2.24, 2.45) is 0 Å². The van der Waals surface area contributed by atoms with E-state index < -0.39 is 0 Å². The lowest BCUT2D eigenvalue weighted by atomic mass is 9.98. The number of furan rings is 1. The number of rotatable bonds is 7. The van der Waals surface area contributed by atoms with Crippen LogP contribution in [0.1, 0.15) is 0 Å². The summed E-state index contributed by atoms with van der Waals surface area (Å²) in [6.07, 6.45) is 0. The molecule has 0 unspecified atom stereocenters. The van der Waals surface area contributed by atoms with Crippen LogP contribution in [-0.4, -0.2) is 24.1 Å². The van der Waals surface area contributed by atoms with Gasteiger partial charge in [0.05, 0.1) is 22.1 Å². The Labute approximate surface area is 396 Å². The van der Waals surface area contributed by atoms with Crippen molar-refractivity contribution >= 4 is 65.6 Å². The Hall–Kier alpha value is -9.39. The zero-order valence-electron chi connectivity index (χ0n) is 37.2. The Balaban J connectivity index is 0.899. The van der Waals surface area contributed by atoms with E-state index in [9.17, 15) is 0 Å². The topological polar surface area (TPSA) is 61.7 Å². The van der Waals surface area contributed by atoms with Crippen LogP contribution < -0.4 is 0 Å². The fraction of sp³-hybridized carbons (Fsp3) is 0. The van der Waals surface area contributed by atoms with Crippen LogP contribution in [0.5, 0.6) is 0 Å². The van der Waals surface area contributed by atoms with E-state index in [0.717, 1.165) is 77.7 Å². The number of hydrogen-bond donors (Lipinski definition) is 0. The van der Waals surface area contributed by atoms with Crippen LogP contribution in [0.4, 0.5) is 0 Å². The molecule has 322 valence electrons. The van der Waals surface area contributed by atoms with Crippen LogP contribution in [0.15, 0.2) is 241 Å². The van der Waals surface area contributed by atoms with Crippen molar-refractivity contribution < 1.29 is 4.42 Å². The fourth-order valence-electron chi connectivity index (χ4n) is 10.3. The normalized spacial score (nSPS) is 11.8. The average molecular weight is 882 g/mol. The van der Waals surface area contributed by atoms with E-state index in [1.54, 1.807) is 0 Å². The summed E-state index contributed by atoms with van der Waals surface area (Å²) in [6.45, 7) is 0. The van der Waals surface area contributed by atoms with Crippen LogP contribution in [0.25, 0.3) is 133 Å². The molecule has 0 saturated heterocycles. The Morgan fingerprint density at radius 3 is 1.33 bits per heavy atom. The van der Waals surface area contributed by atoms with Gasteiger partial charge in [-0.15, -0.1) is 0 Å². The summed E-state index contributed by atoms with van der Waals surface area (Å²) in [5, 5.41) is 6.94. The van der Waals surface area contributed by atoms with Gasteiger partial charge in [0, 0.05) is 60.4 Å². The van der Waals surface area contributed by atoms with Crippen molar-refractivity contribution in [2.45, 2.75) is 0 Å². The maximum Gasteiger partial charge on any atom is 0.164 e. The second kappa shape index (κ2) is 15.6. The van der Waals surface area contributed by atoms with E-state index in [1.165, 1.54) is 38.2 Å². The highest BCUT2D eigenvalue weighted by atomic mass is 16.3. The number of fused-ring (bicyclic) bond motifs is 9. The maximum atomic E-state index is 6.65. The smallest absolute Gasteiger partial charge is 0.164 e. The second-order valence-corrected chi connectivity index (χ2v) is 17.6. The third-order valence-electron chi connectivity index (χ3n) is 13.5. The summed E-state index contributed by atoms with van der Waals surface area (Å²) >= 11 is 0. The third kappa shape index (κ3) is 6.45. The molecule has 0 aliphatic rings. The minimum atomic E-state index is 0.568. The first kappa shape index (κ1) is 38.8. The van der Waals surface area contributed by atoms with Crippen LogP contribution in [0.3, 0.4) is 0 Å². The molecule has 0 aliphatic carbocycles. The van der Waals surface area contributed by atoms with Crippen LogP contribution >= 0.6 is 0 Å². The highest BCUT2D eigenvalue weighted by Crippen LogP contribution is 2.41. The molecule has 0 aliphatic heterocycles. The zero-order valence-corrected chi connectivity index (χ0v) is 37.2. The molecule has 0 N–H and O–H groups in total. The third-order valence-corrected chi connectivity index (χ3v) is 13.5. The fourth-order valence-corrected chi connectivity index (χ4v) is 10.3. The summed E-state index contributed by atoms with van der Waals surface area (Å²) in [7, 11) is 0. The standard InChI is InChI=1S/C63H39N5O/c1-4-16-40(17-5-1)42-20-14-21-43(34-42)44-30-32-51-52-33-31-46(37-60(52)69-59(51)36-44)63-65-61(41-18-6-2-7-19-41)64-62(66-63)45-22-15-25-48(35-45)68-56-29-13-11-27-50(56)54-38-53-49-26-10-12-28-55(49)67(57(53)39-58(54)68)47-23-8-3-9-24-47/h1-39H. The molecule has 0 atom stereocenters. The van der Waals surface area contributed by atoms with Gasteiger partial charge in [0.25, 0.3) is 0 Å². The number of para-hydroxylation sites is 3. The average Bonchev–Trinajstić information content (AvgIpc) is 4.07. The lowest BCUT2D eigenvalue weighted by Gasteiger charge is -2.12. The second-order valence-electron chi connectivity index (χ2n) is 17.6. The Kier molecular flexibility index (Phi) is 8.79. The largest absolute Gasteiger partial charge is 0.456 e. The van der Waals surface area contributed by atoms with E-state index in [1.807, 2.05) is 36.4 Å². The SMILES string of the molecule is c1ccc(-c2cccc(-c3ccc4c(c3)oc3cc(-c5nc(-c6ccccc6)nc(-c6cccc(-n7c8ccccc8c8cc9c%10ccccc%10n(-c%10ccccc%10)c9cc87)c6)n5)ccc34)c2)cc1. The Morgan fingerprint density at radius 2 is 0.681 bits per heavy atom. The summed E-state index contributed by atoms with van der Waals surface area (Å²) in [5.41, 5.74) is 15.6. The van der Waals surface area contributed by atoms with E-state index in [4.69, 9.17) is 19.4 Å². The molecule has 6 nitrogen and oxygen atoms in total. The van der Waals surface area contributed by atoms with Gasteiger partial charge in [0.15, 0.2) is 17.5 Å². The summed E-state index contributed by atoms with van der Waals surface area (Å²) < 4.78 is 11.4. The lowest BCUT2D eigenvalue weighted by molar-refractivity contribution is 0.669.